The van der Waals surface area contributed by atoms with Crippen molar-refractivity contribution in [3.05, 3.63) is 29.3 Å². The van der Waals surface area contributed by atoms with Gasteiger partial charge in [-0.2, -0.15) is 0 Å². The molecule has 21 heavy (non-hydrogen) atoms. The van der Waals surface area contributed by atoms with Crippen LogP contribution in [0.2, 0.25) is 0 Å². The fourth-order valence-corrected chi connectivity index (χ4v) is 2.86. The van der Waals surface area contributed by atoms with Gasteiger partial charge >= 0.3 is 5.97 Å². The van der Waals surface area contributed by atoms with E-state index in [0.29, 0.717) is 24.2 Å². The molecule has 0 aliphatic heterocycles. The van der Waals surface area contributed by atoms with Crippen LogP contribution in [0.15, 0.2) is 18.2 Å². The molecule has 0 atom stereocenters. The average Bonchev–Trinajstić information content (AvgIpc) is 2.95. The van der Waals surface area contributed by atoms with Crippen molar-refractivity contribution < 1.29 is 19.4 Å². The van der Waals surface area contributed by atoms with E-state index in [1.807, 2.05) is 13.0 Å². The maximum atomic E-state index is 12.3. The summed E-state index contributed by atoms with van der Waals surface area (Å²) >= 11 is 0. The van der Waals surface area contributed by atoms with Crippen LogP contribution in [0.25, 0.3) is 0 Å². The van der Waals surface area contributed by atoms with Crippen LogP contribution in [0.3, 0.4) is 0 Å². The molecule has 1 fully saturated rings. The molecule has 1 aliphatic rings. The molecule has 0 unspecified atom stereocenters. The molecule has 0 bridgehead atoms. The van der Waals surface area contributed by atoms with E-state index in [9.17, 15) is 14.7 Å². The maximum Gasteiger partial charge on any atom is 0.311 e. The molecule has 0 spiro atoms. The van der Waals surface area contributed by atoms with Crippen molar-refractivity contribution in [2.75, 3.05) is 13.7 Å². The van der Waals surface area contributed by atoms with Crippen molar-refractivity contribution in [2.24, 2.45) is 5.41 Å². The van der Waals surface area contributed by atoms with Gasteiger partial charge in [0.05, 0.1) is 18.1 Å². The molecule has 5 nitrogen and oxygen atoms in total. The first-order valence-corrected chi connectivity index (χ1v) is 7.15. The lowest BCUT2D eigenvalue weighted by Gasteiger charge is -2.24. The van der Waals surface area contributed by atoms with Crippen LogP contribution in [0.5, 0.6) is 5.75 Å². The molecule has 0 heterocycles. The first-order valence-electron chi connectivity index (χ1n) is 7.15. The number of carboxylic acids is 1. The number of ether oxygens (including phenoxy) is 1. The highest BCUT2D eigenvalue weighted by molar-refractivity contribution is 5.97. The van der Waals surface area contributed by atoms with Gasteiger partial charge in [0.1, 0.15) is 5.75 Å². The molecule has 0 aromatic heterocycles. The number of rotatable bonds is 5. The number of methoxy groups -OCH3 is 1. The van der Waals surface area contributed by atoms with Gasteiger partial charge in [0.2, 0.25) is 0 Å². The number of aryl methyl sites for hydroxylation is 1. The van der Waals surface area contributed by atoms with Gasteiger partial charge < -0.3 is 15.2 Å². The summed E-state index contributed by atoms with van der Waals surface area (Å²) in [5, 5.41) is 12.2. The minimum Gasteiger partial charge on any atom is -0.496 e. The second kappa shape index (κ2) is 6.16. The Kier molecular flexibility index (Phi) is 4.50. The Bertz CT molecular complexity index is 547. The molecule has 0 radical (unpaired) electrons. The zero-order valence-corrected chi connectivity index (χ0v) is 12.4. The van der Waals surface area contributed by atoms with Gasteiger partial charge in [-0.15, -0.1) is 0 Å². The molecule has 1 aliphatic carbocycles. The second-order valence-electron chi connectivity index (χ2n) is 5.68. The number of hydrogen-bond acceptors (Lipinski definition) is 3. The van der Waals surface area contributed by atoms with E-state index < -0.39 is 11.4 Å². The Morgan fingerprint density at radius 1 is 1.33 bits per heavy atom. The quantitative estimate of drug-likeness (QED) is 0.873. The monoisotopic (exact) mass is 291 g/mol. The molecule has 5 heteroatoms. The molecule has 2 N–H and O–H groups in total. The molecule has 0 saturated heterocycles. The summed E-state index contributed by atoms with van der Waals surface area (Å²) < 4.78 is 5.19. The highest BCUT2D eigenvalue weighted by atomic mass is 16.5. The van der Waals surface area contributed by atoms with E-state index in [0.717, 1.165) is 18.4 Å². The normalized spacial score (nSPS) is 16.5. The van der Waals surface area contributed by atoms with E-state index in [1.165, 1.54) is 7.11 Å². The van der Waals surface area contributed by atoms with Crippen LogP contribution in [0.1, 0.15) is 41.6 Å². The van der Waals surface area contributed by atoms with Gasteiger partial charge in [-0.05, 0) is 31.9 Å². The third-order valence-electron chi connectivity index (χ3n) is 4.20. The van der Waals surface area contributed by atoms with Crippen molar-refractivity contribution in [1.82, 2.24) is 5.32 Å². The Balaban J connectivity index is 2.11. The fraction of sp³-hybridized carbons (Fsp3) is 0.500. The Hall–Kier alpha value is -2.04. The lowest BCUT2D eigenvalue weighted by Crippen LogP contribution is -2.41. The van der Waals surface area contributed by atoms with E-state index in [1.54, 1.807) is 12.1 Å². The van der Waals surface area contributed by atoms with E-state index in [2.05, 4.69) is 5.32 Å². The minimum absolute atomic E-state index is 0.165. The van der Waals surface area contributed by atoms with Crippen LogP contribution < -0.4 is 10.1 Å². The second-order valence-corrected chi connectivity index (χ2v) is 5.68. The van der Waals surface area contributed by atoms with E-state index in [4.69, 9.17) is 4.74 Å². The number of aliphatic carboxylic acids is 1. The molecular weight excluding hydrogens is 270 g/mol. The summed E-state index contributed by atoms with van der Waals surface area (Å²) in [7, 11) is 1.51. The van der Waals surface area contributed by atoms with Gasteiger partial charge in [0.25, 0.3) is 5.91 Å². The predicted octanol–water partition coefficient (Wildman–Crippen LogP) is 2.38. The zero-order valence-electron chi connectivity index (χ0n) is 12.4. The Morgan fingerprint density at radius 2 is 2.00 bits per heavy atom. The molecule has 1 amide bonds. The molecule has 1 saturated carbocycles. The highest BCUT2D eigenvalue weighted by Crippen LogP contribution is 2.37. The van der Waals surface area contributed by atoms with Crippen molar-refractivity contribution in [3.8, 4) is 5.75 Å². The van der Waals surface area contributed by atoms with Gasteiger partial charge in [0.15, 0.2) is 0 Å². The third kappa shape index (κ3) is 3.17. The van der Waals surface area contributed by atoms with Crippen LogP contribution in [-0.4, -0.2) is 30.6 Å². The maximum absolute atomic E-state index is 12.3. The number of hydrogen-bond donors (Lipinski definition) is 2. The summed E-state index contributed by atoms with van der Waals surface area (Å²) in [6.45, 7) is 2.06. The zero-order chi connectivity index (χ0) is 15.5. The van der Waals surface area contributed by atoms with Gasteiger partial charge in [0, 0.05) is 6.54 Å². The van der Waals surface area contributed by atoms with Gasteiger partial charge in [-0.25, -0.2) is 0 Å². The first-order chi connectivity index (χ1) is 9.98. The summed E-state index contributed by atoms with van der Waals surface area (Å²) in [5.41, 5.74) is 0.581. The molecule has 1 aromatic carbocycles. The molecule has 2 rings (SSSR count). The van der Waals surface area contributed by atoms with E-state index >= 15 is 0 Å². The number of carboxylic acid groups (broad SMARTS) is 1. The van der Waals surface area contributed by atoms with Gasteiger partial charge in [-0.3, -0.25) is 9.59 Å². The van der Waals surface area contributed by atoms with Crippen LogP contribution >= 0.6 is 0 Å². The number of carbonyl (C=O) groups is 2. The predicted molar refractivity (Wildman–Crippen MR) is 78.6 cm³/mol. The van der Waals surface area contributed by atoms with Gasteiger partial charge in [-0.1, -0.05) is 24.5 Å². The lowest BCUT2D eigenvalue weighted by molar-refractivity contribution is -0.148. The highest BCUT2D eigenvalue weighted by Gasteiger charge is 2.41. The van der Waals surface area contributed by atoms with Crippen LogP contribution in [0.4, 0.5) is 0 Å². The molecule has 114 valence electrons. The summed E-state index contributed by atoms with van der Waals surface area (Å²) in [6, 6.07) is 5.36. The fourth-order valence-electron chi connectivity index (χ4n) is 2.86. The van der Waals surface area contributed by atoms with Crippen molar-refractivity contribution in [1.29, 1.82) is 0 Å². The smallest absolute Gasteiger partial charge is 0.311 e. The first kappa shape index (κ1) is 15.4. The summed E-state index contributed by atoms with van der Waals surface area (Å²) in [5.74, 6) is -0.617. The average molecular weight is 291 g/mol. The molecule has 1 aromatic rings. The number of amides is 1. The number of carbonyl (C=O) groups excluding carboxylic acids is 1. The largest absolute Gasteiger partial charge is 0.496 e. The lowest BCUT2D eigenvalue weighted by atomic mass is 9.86. The Morgan fingerprint density at radius 3 is 2.57 bits per heavy atom. The van der Waals surface area contributed by atoms with Crippen molar-refractivity contribution in [3.63, 3.8) is 0 Å². The number of benzene rings is 1. The van der Waals surface area contributed by atoms with Crippen molar-refractivity contribution in [2.45, 2.75) is 32.6 Å². The SMILES string of the molecule is COc1ccc(C)cc1C(=O)NCC1(C(=O)O)CCCC1. The van der Waals surface area contributed by atoms with Crippen LogP contribution in [0, 0.1) is 12.3 Å². The summed E-state index contributed by atoms with van der Waals surface area (Å²) in [4.78, 5) is 23.8. The number of nitrogens with one attached hydrogen (secondary N) is 1. The van der Waals surface area contributed by atoms with Crippen molar-refractivity contribution >= 4 is 11.9 Å². The minimum atomic E-state index is -0.823. The standard InChI is InChI=1S/C16H21NO4/c1-11-5-6-13(21-2)12(9-11)14(18)17-10-16(15(19)20)7-3-4-8-16/h5-6,9H,3-4,7-8,10H2,1-2H3,(H,17,18)(H,19,20). The van der Waals surface area contributed by atoms with E-state index in [-0.39, 0.29) is 12.5 Å². The Labute approximate surface area is 124 Å². The van der Waals surface area contributed by atoms with Crippen LogP contribution in [-0.2, 0) is 4.79 Å². The summed E-state index contributed by atoms with van der Waals surface area (Å²) in [6.07, 6.45) is 3.03. The topological polar surface area (TPSA) is 75.6 Å². The third-order valence-corrected chi connectivity index (χ3v) is 4.20. The molecular formula is C16H21NO4.